The van der Waals surface area contributed by atoms with Crippen molar-refractivity contribution in [3.63, 3.8) is 0 Å². The van der Waals surface area contributed by atoms with Gasteiger partial charge in [0.25, 0.3) is 5.56 Å². The molecule has 0 saturated carbocycles. The fourth-order valence-corrected chi connectivity index (χ4v) is 5.10. The number of nitrogens with zero attached hydrogens (tertiary/aromatic N) is 4. The molecule has 1 aromatic heterocycles. The molecule has 190 valence electrons. The molecule has 0 bridgehead atoms. The number of ether oxygens (including phenoxy) is 1. The highest BCUT2D eigenvalue weighted by molar-refractivity contribution is 5.79. The van der Waals surface area contributed by atoms with Crippen LogP contribution in [-0.2, 0) is 16.6 Å². The molecule has 1 aromatic carbocycles. The number of amides is 1. The van der Waals surface area contributed by atoms with Crippen LogP contribution in [0.3, 0.4) is 0 Å². The third-order valence-corrected chi connectivity index (χ3v) is 7.28. The van der Waals surface area contributed by atoms with Crippen LogP contribution in [0.5, 0.6) is 0 Å². The Balaban J connectivity index is 1.45. The number of hydrogen-bond donors (Lipinski definition) is 1. The van der Waals surface area contributed by atoms with E-state index in [1.54, 1.807) is 4.57 Å². The molecule has 0 aliphatic carbocycles. The summed E-state index contributed by atoms with van der Waals surface area (Å²) in [6.45, 7) is 9.28. The number of anilines is 1. The fourth-order valence-electron chi connectivity index (χ4n) is 5.10. The van der Waals surface area contributed by atoms with Crippen molar-refractivity contribution in [2.45, 2.75) is 39.2 Å². The summed E-state index contributed by atoms with van der Waals surface area (Å²) in [5.41, 5.74) is 1.24. The molecule has 2 aliphatic heterocycles. The zero-order chi connectivity index (χ0) is 24.9. The van der Waals surface area contributed by atoms with E-state index in [0.29, 0.717) is 37.3 Å². The molecule has 2 saturated heterocycles. The average molecular weight is 484 g/mol. The van der Waals surface area contributed by atoms with Gasteiger partial charge >= 0.3 is 5.69 Å². The van der Waals surface area contributed by atoms with Gasteiger partial charge in [-0.3, -0.25) is 23.6 Å². The lowest BCUT2D eigenvalue weighted by atomic mass is 9.95. The van der Waals surface area contributed by atoms with E-state index in [1.165, 1.54) is 11.6 Å². The van der Waals surface area contributed by atoms with Gasteiger partial charge in [0, 0.05) is 51.7 Å². The number of aromatic nitrogens is 2. The lowest BCUT2D eigenvalue weighted by Crippen LogP contribution is -2.50. The maximum atomic E-state index is 13.1. The van der Waals surface area contributed by atoms with Crippen molar-refractivity contribution < 1.29 is 9.53 Å². The largest absolute Gasteiger partial charge is 0.379 e. The molecule has 2 aliphatic rings. The summed E-state index contributed by atoms with van der Waals surface area (Å²) < 4.78 is 8.19. The maximum absolute atomic E-state index is 13.1. The average Bonchev–Trinajstić information content (AvgIpc) is 2.89. The Morgan fingerprint density at radius 3 is 2.37 bits per heavy atom. The quantitative estimate of drug-likeness (QED) is 0.639. The van der Waals surface area contributed by atoms with Crippen LogP contribution in [0.15, 0.2) is 39.9 Å². The molecular formula is C26H37N5O4. The smallest absolute Gasteiger partial charge is 0.335 e. The van der Waals surface area contributed by atoms with Gasteiger partial charge in [0.15, 0.2) is 0 Å². The zero-order valence-corrected chi connectivity index (χ0v) is 21.0. The van der Waals surface area contributed by atoms with E-state index < -0.39 is 0 Å². The second kappa shape index (κ2) is 11.2. The Morgan fingerprint density at radius 1 is 1.09 bits per heavy atom. The Kier molecular flexibility index (Phi) is 8.07. The normalized spacial score (nSPS) is 18.4. The molecule has 2 aromatic rings. The highest BCUT2D eigenvalue weighted by atomic mass is 16.5. The van der Waals surface area contributed by atoms with E-state index in [1.807, 2.05) is 42.2 Å². The van der Waals surface area contributed by atoms with Gasteiger partial charge in [0.05, 0.1) is 24.6 Å². The summed E-state index contributed by atoms with van der Waals surface area (Å²) >= 11 is 0. The summed E-state index contributed by atoms with van der Waals surface area (Å²) in [5.74, 6) is 0.0258. The van der Waals surface area contributed by atoms with Crippen LogP contribution in [-0.4, -0.2) is 71.9 Å². The molecule has 1 amide bonds. The Hall–Kier alpha value is -2.91. The van der Waals surface area contributed by atoms with Crippen LogP contribution in [0.1, 0.15) is 31.9 Å². The minimum absolute atomic E-state index is 0.0748. The molecule has 9 heteroatoms. The number of para-hydroxylation sites is 1. The standard InChI is InChI=1S/C26H37N5O4/c1-4-21(18-29-14-16-35-17-15-29)27-24(32)20-10-12-30(13-11-20)23-19(2)31(22-8-6-5-7-9-22)26(34)28(3)25(23)33/h5-9,20-21H,4,10-18H2,1-3H3,(H,27,32). The zero-order valence-electron chi connectivity index (χ0n) is 21.0. The topological polar surface area (TPSA) is 88.8 Å². The van der Waals surface area contributed by atoms with Gasteiger partial charge in [-0.15, -0.1) is 0 Å². The van der Waals surface area contributed by atoms with E-state index >= 15 is 0 Å². The van der Waals surface area contributed by atoms with Crippen molar-refractivity contribution in [2.75, 3.05) is 50.8 Å². The van der Waals surface area contributed by atoms with Crippen molar-refractivity contribution in [2.24, 2.45) is 13.0 Å². The third-order valence-electron chi connectivity index (χ3n) is 7.28. The number of piperidine rings is 1. The van der Waals surface area contributed by atoms with Crippen molar-refractivity contribution in [1.29, 1.82) is 0 Å². The first-order valence-corrected chi connectivity index (χ1v) is 12.6. The van der Waals surface area contributed by atoms with E-state index in [4.69, 9.17) is 4.74 Å². The maximum Gasteiger partial charge on any atom is 0.335 e. The third kappa shape index (κ3) is 5.51. The number of carbonyl (C=O) groups excluding carboxylic acids is 1. The Bertz CT molecular complexity index is 1130. The van der Waals surface area contributed by atoms with E-state index in [2.05, 4.69) is 17.1 Å². The summed E-state index contributed by atoms with van der Waals surface area (Å²) in [6.07, 6.45) is 2.23. The summed E-state index contributed by atoms with van der Waals surface area (Å²) in [7, 11) is 1.52. The number of rotatable bonds is 7. The second-order valence-electron chi connectivity index (χ2n) is 9.54. The minimum atomic E-state index is -0.359. The van der Waals surface area contributed by atoms with Gasteiger partial charge in [-0.1, -0.05) is 25.1 Å². The van der Waals surface area contributed by atoms with Gasteiger partial charge in [-0.2, -0.15) is 0 Å². The molecule has 2 fully saturated rings. The number of benzene rings is 1. The highest BCUT2D eigenvalue weighted by Crippen LogP contribution is 2.24. The van der Waals surface area contributed by atoms with Crippen LogP contribution < -0.4 is 21.5 Å². The molecule has 1 atom stereocenters. The van der Waals surface area contributed by atoms with Crippen LogP contribution in [0.4, 0.5) is 5.69 Å². The monoisotopic (exact) mass is 483 g/mol. The number of carbonyl (C=O) groups is 1. The van der Waals surface area contributed by atoms with Gasteiger partial charge in [-0.25, -0.2) is 4.79 Å². The first-order chi connectivity index (χ1) is 16.9. The predicted molar refractivity (Wildman–Crippen MR) is 136 cm³/mol. The fraction of sp³-hybridized carbons (Fsp3) is 0.577. The van der Waals surface area contributed by atoms with Gasteiger partial charge in [0.2, 0.25) is 5.91 Å². The lowest BCUT2D eigenvalue weighted by Gasteiger charge is -2.35. The molecule has 3 heterocycles. The van der Waals surface area contributed by atoms with Crippen molar-refractivity contribution in [3.8, 4) is 5.69 Å². The van der Waals surface area contributed by atoms with Crippen LogP contribution in [0, 0.1) is 12.8 Å². The van der Waals surface area contributed by atoms with Crippen LogP contribution >= 0.6 is 0 Å². The van der Waals surface area contributed by atoms with Gasteiger partial charge in [-0.05, 0) is 38.3 Å². The van der Waals surface area contributed by atoms with Gasteiger partial charge < -0.3 is 15.0 Å². The molecule has 0 radical (unpaired) electrons. The molecule has 4 rings (SSSR count). The summed E-state index contributed by atoms with van der Waals surface area (Å²) in [6, 6.07) is 9.49. The first kappa shape index (κ1) is 25.2. The summed E-state index contributed by atoms with van der Waals surface area (Å²) in [5, 5.41) is 3.26. The SMILES string of the molecule is CCC(CN1CCOCC1)NC(=O)C1CCN(c2c(C)n(-c3ccccc3)c(=O)n(C)c2=O)CC1. The second-order valence-corrected chi connectivity index (χ2v) is 9.54. The molecule has 1 unspecified atom stereocenters. The number of nitrogens with one attached hydrogen (secondary N) is 1. The Labute approximate surface area is 206 Å². The molecule has 1 N–H and O–H groups in total. The van der Waals surface area contributed by atoms with Crippen molar-refractivity contribution >= 4 is 11.6 Å². The van der Waals surface area contributed by atoms with E-state index in [9.17, 15) is 14.4 Å². The van der Waals surface area contributed by atoms with Crippen LogP contribution in [0.25, 0.3) is 5.69 Å². The molecular weight excluding hydrogens is 446 g/mol. The lowest BCUT2D eigenvalue weighted by molar-refractivity contribution is -0.126. The molecule has 0 spiro atoms. The number of hydrogen-bond acceptors (Lipinski definition) is 6. The highest BCUT2D eigenvalue weighted by Gasteiger charge is 2.30. The van der Waals surface area contributed by atoms with Crippen molar-refractivity contribution in [3.05, 3.63) is 56.9 Å². The van der Waals surface area contributed by atoms with Crippen molar-refractivity contribution in [1.82, 2.24) is 19.4 Å². The van der Waals surface area contributed by atoms with E-state index in [-0.39, 0.29) is 29.1 Å². The first-order valence-electron chi connectivity index (χ1n) is 12.6. The predicted octanol–water partition coefficient (Wildman–Crippen LogP) is 1.29. The summed E-state index contributed by atoms with van der Waals surface area (Å²) in [4.78, 5) is 43.4. The molecule has 35 heavy (non-hydrogen) atoms. The Morgan fingerprint density at radius 2 is 1.74 bits per heavy atom. The molecule has 9 nitrogen and oxygen atoms in total. The number of morpholine rings is 1. The van der Waals surface area contributed by atoms with Crippen LogP contribution in [0.2, 0.25) is 0 Å². The minimum Gasteiger partial charge on any atom is -0.379 e. The van der Waals surface area contributed by atoms with E-state index in [0.717, 1.165) is 45.0 Å². The van der Waals surface area contributed by atoms with Gasteiger partial charge in [0.1, 0.15) is 5.69 Å².